The predicted octanol–water partition coefficient (Wildman–Crippen LogP) is 8.38. The Kier molecular flexibility index (Phi) is 32.5. The molecule has 0 radical (unpaired) electrons. The molecule has 1 aromatic carbocycles. The lowest BCUT2D eigenvalue weighted by atomic mass is 9.87. The van der Waals surface area contributed by atoms with Gasteiger partial charge in [-0.3, -0.25) is 14.4 Å². The monoisotopic (exact) mass is 979 g/mol. The molecule has 0 aliphatic carbocycles. The molecular weight excluding hydrogens is 893 g/mol. The lowest BCUT2D eigenvalue weighted by molar-refractivity contribution is -0.142. The third-order valence-corrected chi connectivity index (χ3v) is 13.0. The fraction of sp³-hybridized carbons (Fsp3) is 0.673. The second kappa shape index (κ2) is 34.8. The van der Waals surface area contributed by atoms with Crippen LogP contribution in [0.5, 0.6) is 11.5 Å². The Morgan fingerprint density at radius 1 is 1.01 bits per heavy atom. The molecule has 5 atom stereocenters. The quantitative estimate of drug-likeness (QED) is 0.0449. The fourth-order valence-corrected chi connectivity index (χ4v) is 8.60. The minimum absolute atomic E-state index is 0.00988. The van der Waals surface area contributed by atoms with Crippen molar-refractivity contribution in [3.8, 4) is 22.9 Å². The molecule has 2 aromatic heterocycles. The lowest BCUT2D eigenvalue weighted by Gasteiger charge is -2.33. The van der Waals surface area contributed by atoms with Crippen molar-refractivity contribution in [3.63, 3.8) is 0 Å². The molecule has 3 aromatic rings. The maximum atomic E-state index is 11.5. The topological polar surface area (TPSA) is 204 Å². The number of benzene rings is 1. The third kappa shape index (κ3) is 23.9. The average Bonchev–Trinajstić information content (AvgIpc) is 3.97. The molecule has 1 fully saturated rings. The number of likely N-dealkylation sites (tertiary alicyclic amines) is 1. The molecular formula is C49H86N8O8S2. The zero-order chi connectivity index (χ0) is 51.1. The number of hydrogen-bond acceptors (Lipinski definition) is 12. The van der Waals surface area contributed by atoms with Gasteiger partial charge in [-0.1, -0.05) is 87.5 Å². The van der Waals surface area contributed by atoms with E-state index >= 15 is 0 Å². The SMILES string of the molecule is CC.CCCCCCCC(C)C(NC=O)C(=O)O.CCS(=O)N(C)C[C@@H](NC)C(C)(C)C.COc1ccc2c(OC)cc(-c3csc(NC(C)C)n3)nc2c1.C[C@@H]1CCCN1C(=O)CNC=O. The number of carboxylic acid groups (broad SMARTS) is 1. The van der Waals surface area contributed by atoms with Crippen LogP contribution in [0.2, 0.25) is 0 Å². The van der Waals surface area contributed by atoms with Gasteiger partial charge in [0.25, 0.3) is 0 Å². The molecule has 1 aliphatic rings. The Morgan fingerprint density at radius 2 is 1.69 bits per heavy atom. The van der Waals surface area contributed by atoms with E-state index in [1.807, 2.05) is 87.6 Å². The van der Waals surface area contributed by atoms with Crippen LogP contribution in [-0.4, -0.2) is 131 Å². The number of carboxylic acids is 1. The van der Waals surface area contributed by atoms with Crippen LogP contribution in [0.15, 0.2) is 29.6 Å². The Labute approximate surface area is 409 Å². The molecule has 1 aliphatic heterocycles. The Balaban J connectivity index is 0.000000885. The normalized spacial score (nSPS) is 14.8. The van der Waals surface area contributed by atoms with Gasteiger partial charge >= 0.3 is 5.97 Å². The van der Waals surface area contributed by atoms with Crippen molar-refractivity contribution in [1.29, 1.82) is 0 Å². The van der Waals surface area contributed by atoms with E-state index in [-0.39, 0.29) is 23.8 Å². The molecule has 67 heavy (non-hydrogen) atoms. The van der Waals surface area contributed by atoms with Crippen LogP contribution in [0.4, 0.5) is 5.13 Å². The number of nitrogens with one attached hydrogen (secondary N) is 4. The number of hydrogen-bond donors (Lipinski definition) is 5. The molecule has 16 nitrogen and oxygen atoms in total. The summed E-state index contributed by atoms with van der Waals surface area (Å²) in [7, 11) is 6.34. The highest BCUT2D eigenvalue weighted by atomic mass is 32.2. The number of thiazole rings is 1. The summed E-state index contributed by atoms with van der Waals surface area (Å²) >= 11 is 1.57. The van der Waals surface area contributed by atoms with Crippen molar-refractivity contribution in [3.05, 3.63) is 29.6 Å². The molecule has 382 valence electrons. The van der Waals surface area contributed by atoms with Crippen molar-refractivity contribution < 1.29 is 38.0 Å². The number of rotatable bonds is 23. The van der Waals surface area contributed by atoms with E-state index in [0.29, 0.717) is 36.7 Å². The number of carbonyl (C=O) groups is 4. The van der Waals surface area contributed by atoms with Crippen molar-refractivity contribution in [1.82, 2.24) is 35.1 Å². The molecule has 3 unspecified atom stereocenters. The molecule has 3 amide bonds. The highest BCUT2D eigenvalue weighted by Gasteiger charge is 2.26. The zero-order valence-electron chi connectivity index (χ0n) is 43.3. The molecule has 0 spiro atoms. The van der Waals surface area contributed by atoms with Crippen molar-refractivity contribution in [2.24, 2.45) is 11.3 Å². The van der Waals surface area contributed by atoms with Crippen molar-refractivity contribution >= 4 is 63.1 Å². The number of ether oxygens (including phenoxy) is 2. The molecule has 4 rings (SSSR count). The standard InChI is InChI=1S/C17H19N3O2S.C12H23NO3.C10H24N2OS.C8H14N2O2.C2H6/c1-10(2)18-17-20-15(9-23-17)14-8-16(22-4)12-6-5-11(21-3)7-13(12)19-14;1-3-4-5-6-7-8-10(2)11(12(15)16)13-9-14;1-7-14(13)12(6)8-9(11-5)10(2,3)4;1-7-3-2-4-10(7)8(12)5-9-6-11;1-2/h5-10H,1-4H3,(H,18,20);9-11H,3-8H2,1-2H3,(H,13,14)(H,15,16);9,11H,7-8H2,1-6H3;6-7H,2-5H2,1H3,(H,9,11);1-2H3/t;;9-,14?;7-;/m..11./s1. The van der Waals surface area contributed by atoms with Gasteiger partial charge in [-0.2, -0.15) is 0 Å². The van der Waals surface area contributed by atoms with Gasteiger partial charge in [0.1, 0.15) is 23.2 Å². The van der Waals surface area contributed by atoms with E-state index in [0.717, 1.165) is 84.1 Å². The first-order chi connectivity index (χ1) is 31.8. The van der Waals surface area contributed by atoms with E-state index in [1.54, 1.807) is 25.6 Å². The van der Waals surface area contributed by atoms with Gasteiger partial charge in [-0.25, -0.2) is 23.3 Å². The van der Waals surface area contributed by atoms with Gasteiger partial charge in [-0.15, -0.1) is 11.3 Å². The number of methoxy groups -OCH3 is 2. The number of anilines is 1. The smallest absolute Gasteiger partial charge is 0.326 e. The maximum Gasteiger partial charge on any atom is 0.326 e. The summed E-state index contributed by atoms with van der Waals surface area (Å²) in [5.74, 6) is 1.30. The highest BCUT2D eigenvalue weighted by Crippen LogP contribution is 2.33. The fourth-order valence-electron chi connectivity index (χ4n) is 6.99. The molecule has 0 bridgehead atoms. The predicted molar refractivity (Wildman–Crippen MR) is 277 cm³/mol. The van der Waals surface area contributed by atoms with Crippen LogP contribution < -0.4 is 30.7 Å². The number of aromatic nitrogens is 2. The third-order valence-electron chi connectivity index (χ3n) is 10.9. The number of aliphatic carboxylic acids is 1. The largest absolute Gasteiger partial charge is 0.497 e. The maximum absolute atomic E-state index is 11.5. The first kappa shape index (κ1) is 62.6. The second-order valence-corrected chi connectivity index (χ2v) is 20.1. The van der Waals surface area contributed by atoms with E-state index in [9.17, 15) is 23.4 Å². The molecule has 18 heteroatoms. The van der Waals surface area contributed by atoms with E-state index in [2.05, 4.69) is 67.8 Å². The van der Waals surface area contributed by atoms with Crippen LogP contribution in [0, 0.1) is 11.3 Å². The molecule has 5 N–H and O–H groups in total. The van der Waals surface area contributed by atoms with Gasteiger partial charge in [-0.05, 0) is 77.6 Å². The first-order valence-electron chi connectivity index (χ1n) is 23.7. The number of carbonyl (C=O) groups excluding carboxylic acids is 3. The summed E-state index contributed by atoms with van der Waals surface area (Å²) in [4.78, 5) is 53.5. The number of likely N-dealkylation sites (N-methyl/N-ethyl adjacent to an activating group) is 2. The number of nitrogens with zero attached hydrogens (tertiary/aromatic N) is 4. The van der Waals surface area contributed by atoms with Crippen molar-refractivity contribution in [2.45, 2.75) is 152 Å². The zero-order valence-corrected chi connectivity index (χ0v) is 45.0. The molecule has 3 heterocycles. The summed E-state index contributed by atoms with van der Waals surface area (Å²) in [6.07, 6.45) is 9.86. The van der Waals surface area contributed by atoms with Crippen LogP contribution in [0.25, 0.3) is 22.3 Å². The van der Waals surface area contributed by atoms with Crippen LogP contribution in [0.1, 0.15) is 128 Å². The number of amides is 3. The van der Waals surface area contributed by atoms with Crippen molar-refractivity contribution in [2.75, 3.05) is 59.0 Å². The summed E-state index contributed by atoms with van der Waals surface area (Å²) in [5, 5.41) is 24.0. The summed E-state index contributed by atoms with van der Waals surface area (Å²) < 4.78 is 24.2. The first-order valence-corrected chi connectivity index (χ1v) is 25.9. The number of pyridine rings is 1. The minimum Gasteiger partial charge on any atom is -0.497 e. The Bertz CT molecular complexity index is 1880. The molecule has 1 saturated heterocycles. The van der Waals surface area contributed by atoms with E-state index in [4.69, 9.17) is 19.6 Å². The van der Waals surface area contributed by atoms with Gasteiger partial charge in [0.2, 0.25) is 18.7 Å². The minimum atomic E-state index is -0.951. The van der Waals surface area contributed by atoms with Gasteiger partial charge < -0.3 is 40.7 Å². The van der Waals surface area contributed by atoms with E-state index in [1.165, 1.54) is 19.3 Å². The summed E-state index contributed by atoms with van der Waals surface area (Å²) in [5.41, 5.74) is 2.64. The van der Waals surface area contributed by atoms with Crippen LogP contribution >= 0.6 is 11.3 Å². The number of fused-ring (bicyclic) bond motifs is 1. The Hall–Kier alpha value is -4.39. The van der Waals surface area contributed by atoms with Gasteiger partial charge in [0.15, 0.2) is 5.13 Å². The lowest BCUT2D eigenvalue weighted by Crippen LogP contribution is -2.46. The van der Waals surface area contributed by atoms with Gasteiger partial charge in [0, 0.05) is 59.9 Å². The highest BCUT2D eigenvalue weighted by molar-refractivity contribution is 7.82. The second-order valence-electron chi connectivity index (χ2n) is 17.4. The summed E-state index contributed by atoms with van der Waals surface area (Å²) in [6.45, 7) is 24.5. The van der Waals surface area contributed by atoms with Gasteiger partial charge in [0.05, 0.1) is 43.0 Å². The van der Waals surface area contributed by atoms with Crippen LogP contribution in [-0.2, 0) is 30.2 Å². The average molecular weight is 979 g/mol. The Morgan fingerprint density at radius 3 is 2.19 bits per heavy atom. The summed E-state index contributed by atoms with van der Waals surface area (Å²) in [6, 6.07) is 7.98. The van der Waals surface area contributed by atoms with Crippen LogP contribution in [0.3, 0.4) is 0 Å². The van der Waals surface area contributed by atoms with E-state index < -0.39 is 23.0 Å². The number of unbranched alkanes of at least 4 members (excludes halogenated alkanes) is 4. The molecule has 0 saturated carbocycles.